The van der Waals surface area contributed by atoms with Gasteiger partial charge in [-0.2, -0.15) is 87.8 Å². The van der Waals surface area contributed by atoms with Crippen molar-refractivity contribution in [2.45, 2.75) is 149 Å². The average Bonchev–Trinajstić information content (AvgIpc) is 3.05. The van der Waals surface area contributed by atoms with Crippen molar-refractivity contribution < 1.29 is 87.8 Å². The van der Waals surface area contributed by atoms with Gasteiger partial charge in [-0.05, 0) is 96.9 Å². The molecule has 0 radical (unpaired) electrons. The van der Waals surface area contributed by atoms with Gasteiger partial charge in [0.15, 0.2) is 0 Å². The fourth-order valence-corrected chi connectivity index (χ4v) is 6.84. The van der Waals surface area contributed by atoms with E-state index in [9.17, 15) is 52.7 Å². The van der Waals surface area contributed by atoms with E-state index in [-0.39, 0.29) is 87.0 Å². The molecular formula is C36H36F20N2. The van der Waals surface area contributed by atoms with Crippen LogP contribution in [-0.4, -0.2) is 47.4 Å². The summed E-state index contributed by atoms with van der Waals surface area (Å²) < 4.78 is 300. The zero-order chi connectivity index (χ0) is 44.7. The highest BCUT2D eigenvalue weighted by Crippen LogP contribution is 2.68. The van der Waals surface area contributed by atoms with Crippen molar-refractivity contribution in [2.24, 2.45) is 0 Å². The summed E-state index contributed by atoms with van der Waals surface area (Å²) in [6, 6.07) is -0.000226. The first-order valence-electron chi connectivity index (χ1n) is 17.7. The van der Waals surface area contributed by atoms with Crippen molar-refractivity contribution >= 4 is 11.4 Å². The molecule has 0 heterocycles. The van der Waals surface area contributed by atoms with Gasteiger partial charge in [0, 0.05) is 22.5 Å². The maximum atomic E-state index is 15.3. The number of nitrogen functional groups attached to an aromatic ring is 2. The molecule has 2 saturated carbocycles. The Balaban J connectivity index is 1.81. The Kier molecular flexibility index (Phi) is 12.0. The molecule has 0 bridgehead atoms. The van der Waals surface area contributed by atoms with Gasteiger partial charge in [0.1, 0.15) is 0 Å². The third-order valence-electron chi connectivity index (χ3n) is 11.0. The molecule has 0 spiro atoms. The van der Waals surface area contributed by atoms with E-state index in [1.807, 2.05) is 0 Å². The lowest BCUT2D eigenvalue weighted by Gasteiger charge is -2.45. The van der Waals surface area contributed by atoms with Crippen LogP contribution in [0.5, 0.6) is 0 Å². The number of benzene rings is 2. The largest absolute Gasteiger partial charge is 0.398 e. The fraction of sp³-hybridized carbons (Fsp3) is 0.667. The van der Waals surface area contributed by atoms with Gasteiger partial charge >= 0.3 is 59.2 Å². The summed E-state index contributed by atoms with van der Waals surface area (Å²) in [4.78, 5) is 0. The third kappa shape index (κ3) is 6.44. The lowest BCUT2D eigenvalue weighted by molar-refractivity contribution is -0.470. The molecule has 0 atom stereocenters. The first-order chi connectivity index (χ1) is 26.1. The van der Waals surface area contributed by atoms with E-state index in [0.29, 0.717) is 12.8 Å². The molecule has 0 aliphatic heterocycles. The predicted octanol–water partition coefficient (Wildman–Crippen LogP) is 13.3. The number of rotatable bonds is 17. The molecule has 2 aromatic rings. The molecule has 22 heteroatoms. The maximum absolute atomic E-state index is 15.3. The van der Waals surface area contributed by atoms with Gasteiger partial charge < -0.3 is 11.5 Å². The van der Waals surface area contributed by atoms with Crippen LogP contribution in [0.4, 0.5) is 99.2 Å². The van der Waals surface area contributed by atoms with Crippen LogP contribution in [0.15, 0.2) is 24.3 Å². The van der Waals surface area contributed by atoms with E-state index in [2.05, 4.69) is 0 Å². The lowest BCUT2D eigenvalue weighted by atomic mass is 9.76. The van der Waals surface area contributed by atoms with Crippen molar-refractivity contribution in [3.63, 3.8) is 0 Å². The molecule has 330 valence electrons. The molecule has 0 amide bonds. The summed E-state index contributed by atoms with van der Waals surface area (Å²) in [6.45, 7) is 2.75. The fourth-order valence-electron chi connectivity index (χ4n) is 6.84. The molecule has 2 fully saturated rings. The number of halogens is 20. The van der Waals surface area contributed by atoms with Crippen LogP contribution in [0.1, 0.15) is 110 Å². The van der Waals surface area contributed by atoms with E-state index >= 15 is 35.1 Å². The average molecular weight is 877 g/mol. The Bertz CT molecular complexity index is 1700. The maximum Gasteiger partial charge on any atom is 0.385 e. The molecule has 2 aliphatic rings. The molecule has 0 aromatic heterocycles. The second-order valence-electron chi connectivity index (χ2n) is 14.8. The van der Waals surface area contributed by atoms with Gasteiger partial charge in [-0.3, -0.25) is 0 Å². The SMILES string of the molecule is CCCc1cc(C(F)(F)C(F)(F)C(F)(F)C(F)(F)C(F)(F)C(F)(F)C(F)(F)C(F)(F)C(F)(F)C(F)(F)c2cc(CCC)c(N)c(C3CCC3)c2)cc(C2CCC2)c1N. The summed E-state index contributed by atoms with van der Waals surface area (Å²) in [5, 5.41) is 0. The minimum Gasteiger partial charge on any atom is -0.398 e. The molecule has 2 aliphatic carbocycles. The van der Waals surface area contributed by atoms with E-state index < -0.39 is 104 Å². The first kappa shape index (κ1) is 47.3. The van der Waals surface area contributed by atoms with Crippen LogP contribution in [0.25, 0.3) is 0 Å². The van der Waals surface area contributed by atoms with Crippen molar-refractivity contribution in [1.82, 2.24) is 0 Å². The summed E-state index contributed by atoms with van der Waals surface area (Å²) in [6.07, 6.45) is 0.727. The molecule has 4 rings (SSSR count). The van der Waals surface area contributed by atoms with E-state index in [4.69, 9.17) is 11.5 Å². The van der Waals surface area contributed by atoms with Gasteiger partial charge in [0.25, 0.3) is 0 Å². The van der Waals surface area contributed by atoms with Crippen LogP contribution >= 0.6 is 0 Å². The Hall–Kier alpha value is -3.36. The quantitative estimate of drug-likeness (QED) is 0.123. The minimum atomic E-state index is -9.11. The third-order valence-corrected chi connectivity index (χ3v) is 11.0. The smallest absolute Gasteiger partial charge is 0.385 e. The number of hydrogen-bond donors (Lipinski definition) is 2. The number of hydrogen-bond acceptors (Lipinski definition) is 2. The van der Waals surface area contributed by atoms with E-state index in [1.165, 1.54) is 13.8 Å². The van der Waals surface area contributed by atoms with Crippen molar-refractivity contribution in [1.29, 1.82) is 0 Å². The molecule has 58 heavy (non-hydrogen) atoms. The van der Waals surface area contributed by atoms with Gasteiger partial charge in [-0.25, -0.2) is 0 Å². The Morgan fingerprint density at radius 3 is 0.862 bits per heavy atom. The second kappa shape index (κ2) is 14.7. The number of aryl methyl sites for hydroxylation is 2. The number of alkyl halides is 20. The highest BCUT2D eigenvalue weighted by molar-refractivity contribution is 5.60. The normalized spacial score (nSPS) is 17.7. The van der Waals surface area contributed by atoms with Crippen LogP contribution in [0, 0.1) is 0 Å². The molecule has 2 nitrogen and oxygen atoms in total. The number of nitrogens with two attached hydrogens (primary N) is 2. The standard InChI is InChI=1S/C36H36F20N2/c1-3-7-19-13-21(15-23(25(19)57)17-9-5-10-17)27(37,38)29(41,42)31(45,46)33(49,50)35(53,54)36(55,56)34(51,52)32(47,48)30(43,44)28(39,40)22-14-20(8-4-2)26(58)24(16-22)18-11-6-12-18/h13-18H,3-12,57-58H2,1-2H3. The summed E-state index contributed by atoms with van der Waals surface area (Å²) >= 11 is 0. The van der Waals surface area contributed by atoms with Crippen LogP contribution in [0.3, 0.4) is 0 Å². The Labute approximate surface area is 317 Å². The highest BCUT2D eigenvalue weighted by Gasteiger charge is 2.97. The molecule has 0 saturated heterocycles. The minimum absolute atomic E-state index is 0.000456. The molecule has 4 N–H and O–H groups in total. The molecule has 0 unspecified atom stereocenters. The van der Waals surface area contributed by atoms with Crippen molar-refractivity contribution in [3.8, 4) is 0 Å². The Morgan fingerprint density at radius 1 is 0.414 bits per heavy atom. The van der Waals surface area contributed by atoms with Gasteiger partial charge in [-0.15, -0.1) is 0 Å². The predicted molar refractivity (Wildman–Crippen MR) is 170 cm³/mol. The Morgan fingerprint density at radius 2 is 0.655 bits per heavy atom. The zero-order valence-corrected chi connectivity index (χ0v) is 30.2. The summed E-state index contributed by atoms with van der Waals surface area (Å²) in [7, 11) is 0. The van der Waals surface area contributed by atoms with Crippen LogP contribution < -0.4 is 11.5 Å². The monoisotopic (exact) mass is 876 g/mol. The van der Waals surface area contributed by atoms with E-state index in [0.717, 1.165) is 0 Å². The lowest BCUT2D eigenvalue weighted by Crippen LogP contribution is -2.76. The summed E-state index contributed by atoms with van der Waals surface area (Å²) in [5.74, 6) is -84.6. The zero-order valence-electron chi connectivity index (χ0n) is 30.2. The molecule has 2 aromatic carbocycles. The summed E-state index contributed by atoms with van der Waals surface area (Å²) in [5.41, 5.74) is 4.67. The van der Waals surface area contributed by atoms with Crippen LogP contribution in [0.2, 0.25) is 0 Å². The van der Waals surface area contributed by atoms with Crippen molar-refractivity contribution in [3.05, 3.63) is 57.6 Å². The van der Waals surface area contributed by atoms with Gasteiger partial charge in [0.2, 0.25) is 0 Å². The topological polar surface area (TPSA) is 52.0 Å². The van der Waals surface area contributed by atoms with Crippen molar-refractivity contribution in [2.75, 3.05) is 11.5 Å². The van der Waals surface area contributed by atoms with Gasteiger partial charge in [-0.1, -0.05) is 39.5 Å². The van der Waals surface area contributed by atoms with E-state index in [1.54, 1.807) is 0 Å². The number of anilines is 2. The highest BCUT2D eigenvalue weighted by atomic mass is 19.4. The van der Waals surface area contributed by atoms with Gasteiger partial charge in [0.05, 0.1) is 0 Å². The second-order valence-corrected chi connectivity index (χ2v) is 14.8. The first-order valence-corrected chi connectivity index (χ1v) is 17.7. The molecular weight excluding hydrogens is 840 g/mol. The van der Waals surface area contributed by atoms with Crippen LogP contribution in [-0.2, 0) is 24.7 Å².